The maximum absolute atomic E-state index is 11.3. The van der Waals surface area contributed by atoms with Crippen LogP contribution in [0.25, 0.3) is 0 Å². The van der Waals surface area contributed by atoms with Crippen LogP contribution in [0.4, 0.5) is 20.3 Å². The maximum Gasteiger partial charge on any atom is 0.115 e. The lowest BCUT2D eigenvalue weighted by Crippen LogP contribution is -2.09. The van der Waals surface area contributed by atoms with E-state index in [1.54, 1.807) is 0 Å². The van der Waals surface area contributed by atoms with Crippen LogP contribution in [0.1, 0.15) is 0 Å². The summed E-state index contributed by atoms with van der Waals surface area (Å²) in [5, 5.41) is 0. The number of halogens is 2. The quantitative estimate of drug-likeness (QED) is 0.465. The number of aromatic nitrogens is 4. The van der Waals surface area contributed by atoms with Gasteiger partial charge in [-0.15, -0.1) is 8.96 Å². The van der Waals surface area contributed by atoms with E-state index in [9.17, 15) is 8.96 Å². The van der Waals surface area contributed by atoms with Crippen LogP contribution in [-0.2, 0) is 0 Å². The summed E-state index contributed by atoms with van der Waals surface area (Å²) in [4.78, 5) is 14.5. The Bertz CT molecular complexity index is 372. The first-order chi connectivity index (χ1) is 8.86. The molecule has 10 heteroatoms. The largest absolute Gasteiger partial charge is 0.292 e. The van der Waals surface area contributed by atoms with Crippen molar-refractivity contribution in [2.24, 2.45) is 0 Å². The Morgan fingerprint density at radius 1 is 0.667 bits per heavy atom. The van der Waals surface area contributed by atoms with E-state index in [1.165, 1.54) is 48.7 Å². The van der Waals surface area contributed by atoms with Crippen LogP contribution in [0, 0.1) is 0 Å². The highest BCUT2D eigenvalue weighted by Crippen LogP contribution is 1.96. The summed E-state index contributed by atoms with van der Waals surface area (Å²) < 4.78 is 22.5. The van der Waals surface area contributed by atoms with Gasteiger partial charge in [0.25, 0.3) is 0 Å². The van der Waals surface area contributed by atoms with Crippen molar-refractivity contribution in [2.75, 3.05) is 10.9 Å². The third-order valence-corrected chi connectivity index (χ3v) is 1.50. The molecule has 0 saturated heterocycles. The Morgan fingerprint density at radius 3 is 1.28 bits per heavy atom. The predicted octanol–water partition coefficient (Wildman–Crippen LogP) is 0.555. The SMILES string of the molecule is FNNc1cncnc1.FNNc1cncnc1. The fraction of sp³-hybridized carbons (Fsp3) is 0. The Morgan fingerprint density at radius 2 is 1.00 bits per heavy atom. The van der Waals surface area contributed by atoms with Crippen molar-refractivity contribution >= 4 is 11.4 Å². The molecule has 2 aromatic heterocycles. The zero-order valence-electron chi connectivity index (χ0n) is 9.01. The molecule has 4 N–H and O–H groups in total. The molecule has 0 aliphatic heterocycles. The first-order valence-electron chi connectivity index (χ1n) is 4.60. The molecule has 0 saturated carbocycles. The molecular formula is C8H10F2N8. The van der Waals surface area contributed by atoms with Crippen LogP contribution < -0.4 is 22.1 Å². The van der Waals surface area contributed by atoms with Crippen molar-refractivity contribution in [2.45, 2.75) is 0 Å². The van der Waals surface area contributed by atoms with Crippen molar-refractivity contribution in [3.05, 3.63) is 37.4 Å². The number of hydrogen-bond donors (Lipinski definition) is 4. The zero-order valence-corrected chi connectivity index (χ0v) is 9.01. The van der Waals surface area contributed by atoms with Crippen molar-refractivity contribution in [3.63, 3.8) is 0 Å². The molecule has 18 heavy (non-hydrogen) atoms. The first-order valence-corrected chi connectivity index (χ1v) is 4.60. The van der Waals surface area contributed by atoms with Gasteiger partial charge in [0, 0.05) is 0 Å². The molecule has 0 aliphatic rings. The molecule has 2 aromatic rings. The number of nitrogens with zero attached hydrogens (tertiary/aromatic N) is 4. The van der Waals surface area contributed by atoms with Crippen LogP contribution in [0.3, 0.4) is 0 Å². The number of nitrogens with one attached hydrogen (secondary N) is 4. The normalized spacial score (nSPS) is 9.00. The molecule has 0 unspecified atom stereocenters. The van der Waals surface area contributed by atoms with E-state index in [-0.39, 0.29) is 0 Å². The van der Waals surface area contributed by atoms with E-state index < -0.39 is 0 Å². The predicted molar refractivity (Wildman–Crippen MR) is 59.8 cm³/mol. The molecule has 0 bridgehead atoms. The minimum atomic E-state index is 0.486. The van der Waals surface area contributed by atoms with Crippen LogP contribution >= 0.6 is 0 Å². The van der Waals surface area contributed by atoms with Gasteiger partial charge >= 0.3 is 0 Å². The smallest absolute Gasteiger partial charge is 0.115 e. The molecule has 0 fully saturated rings. The van der Waals surface area contributed by atoms with Gasteiger partial charge in [0.1, 0.15) is 12.7 Å². The second-order valence-corrected chi connectivity index (χ2v) is 2.69. The van der Waals surface area contributed by atoms with Crippen molar-refractivity contribution in [3.8, 4) is 0 Å². The molecule has 0 spiro atoms. The van der Waals surface area contributed by atoms with E-state index in [2.05, 4.69) is 30.8 Å². The molecule has 2 rings (SSSR count). The van der Waals surface area contributed by atoms with Crippen molar-refractivity contribution in [1.29, 1.82) is 0 Å². The minimum Gasteiger partial charge on any atom is -0.292 e. The lowest BCUT2D eigenvalue weighted by Gasteiger charge is -1.96. The van der Waals surface area contributed by atoms with Gasteiger partial charge in [0.05, 0.1) is 36.2 Å². The fourth-order valence-electron chi connectivity index (χ4n) is 0.836. The summed E-state index contributed by atoms with van der Waals surface area (Å²) in [6.07, 6.45) is 8.51. The summed E-state index contributed by atoms with van der Waals surface area (Å²) in [5.41, 5.74) is 7.81. The van der Waals surface area contributed by atoms with Gasteiger partial charge in [-0.2, -0.15) is 0 Å². The Kier molecular flexibility index (Phi) is 6.55. The molecule has 0 radical (unpaired) electrons. The Balaban J connectivity index is 0.000000180. The third-order valence-electron chi connectivity index (χ3n) is 1.50. The van der Waals surface area contributed by atoms with Gasteiger partial charge in [-0.1, -0.05) is 11.3 Å². The second kappa shape index (κ2) is 8.66. The third kappa shape index (κ3) is 5.58. The lowest BCUT2D eigenvalue weighted by molar-refractivity contribution is 0.375. The number of rotatable bonds is 4. The zero-order chi connectivity index (χ0) is 13.1. The second-order valence-electron chi connectivity index (χ2n) is 2.69. The Labute approximate surface area is 101 Å². The standard InChI is InChI=1S/2C4H5FN4/c2*5-9-8-4-1-6-3-7-2-4/h2*1-3,8-9H. The number of anilines is 2. The maximum atomic E-state index is 11.3. The average Bonchev–Trinajstić information content (AvgIpc) is 2.43. The van der Waals surface area contributed by atoms with E-state index in [0.29, 0.717) is 11.4 Å². The first kappa shape index (κ1) is 13.6. The molecule has 0 atom stereocenters. The highest BCUT2D eigenvalue weighted by molar-refractivity contribution is 5.35. The van der Waals surface area contributed by atoms with E-state index in [4.69, 9.17) is 0 Å². The Hall–Kier alpha value is -2.46. The molecule has 0 amide bonds. The van der Waals surface area contributed by atoms with Crippen molar-refractivity contribution < 1.29 is 8.96 Å². The minimum absolute atomic E-state index is 0.486. The summed E-state index contributed by atoms with van der Waals surface area (Å²) >= 11 is 0. The molecule has 0 aromatic carbocycles. The molecule has 2 heterocycles. The van der Waals surface area contributed by atoms with Gasteiger partial charge in [0.15, 0.2) is 0 Å². The van der Waals surface area contributed by atoms with Crippen LogP contribution in [0.2, 0.25) is 0 Å². The average molecular weight is 256 g/mol. The van der Waals surface area contributed by atoms with E-state index in [1.807, 2.05) is 0 Å². The fourth-order valence-corrected chi connectivity index (χ4v) is 0.836. The van der Waals surface area contributed by atoms with Crippen LogP contribution in [0.15, 0.2) is 37.4 Å². The monoisotopic (exact) mass is 256 g/mol. The highest BCUT2D eigenvalue weighted by Gasteiger charge is 1.85. The van der Waals surface area contributed by atoms with Crippen molar-refractivity contribution in [1.82, 2.24) is 31.2 Å². The number of hydrazine groups is 2. The van der Waals surface area contributed by atoms with Gasteiger partial charge in [0.2, 0.25) is 0 Å². The van der Waals surface area contributed by atoms with Gasteiger partial charge in [-0.05, 0) is 0 Å². The highest BCUT2D eigenvalue weighted by atomic mass is 19.2. The van der Waals surface area contributed by atoms with Crippen LogP contribution in [0.5, 0.6) is 0 Å². The van der Waals surface area contributed by atoms with Gasteiger partial charge < -0.3 is 0 Å². The van der Waals surface area contributed by atoms with Gasteiger partial charge in [-0.3, -0.25) is 10.9 Å². The lowest BCUT2D eigenvalue weighted by atomic mass is 10.6. The molecule has 96 valence electrons. The van der Waals surface area contributed by atoms with E-state index >= 15 is 0 Å². The van der Waals surface area contributed by atoms with E-state index in [0.717, 1.165) is 0 Å². The van der Waals surface area contributed by atoms with Crippen LogP contribution in [-0.4, -0.2) is 19.9 Å². The summed E-state index contributed by atoms with van der Waals surface area (Å²) in [6.45, 7) is 0. The number of hydrogen-bond acceptors (Lipinski definition) is 8. The molecule has 8 nitrogen and oxygen atoms in total. The van der Waals surface area contributed by atoms with Gasteiger partial charge in [-0.25, -0.2) is 19.9 Å². The molecule has 0 aliphatic carbocycles. The molecular weight excluding hydrogens is 246 g/mol. The summed E-state index contributed by atoms with van der Waals surface area (Å²) in [6, 6.07) is 0. The summed E-state index contributed by atoms with van der Waals surface area (Å²) in [7, 11) is 0. The summed E-state index contributed by atoms with van der Waals surface area (Å²) in [5.74, 6) is 0. The topological polar surface area (TPSA) is 99.7 Å².